The summed E-state index contributed by atoms with van der Waals surface area (Å²) in [4.78, 5) is 48.3. The maximum Gasteiger partial charge on any atom is 0.472 e. The maximum absolute atomic E-state index is 12.8. The van der Waals surface area contributed by atoms with Gasteiger partial charge in [0.25, 0.3) is 0 Å². The molecule has 66 heavy (non-hydrogen) atoms. The topological polar surface area (TPSA) is 155 Å². The first-order valence-corrected chi connectivity index (χ1v) is 28.4. The Kier molecular flexibility index (Phi) is 47.4. The van der Waals surface area contributed by atoms with Crippen LogP contribution in [0.2, 0.25) is 0 Å². The van der Waals surface area contributed by atoms with E-state index in [9.17, 15) is 28.9 Å². The van der Waals surface area contributed by atoms with Crippen LogP contribution in [0, 0.1) is 0 Å². The first kappa shape index (κ1) is 63.7. The summed E-state index contributed by atoms with van der Waals surface area (Å²) in [5.74, 6) is -1.48. The van der Waals surface area contributed by atoms with E-state index >= 15 is 0 Å². The average molecular weight is 955 g/mol. The van der Waals surface area contributed by atoms with E-state index in [1.54, 1.807) is 0 Å². The molecule has 0 saturated heterocycles. The van der Waals surface area contributed by atoms with Crippen molar-refractivity contribution in [3.05, 3.63) is 36.5 Å². The molecule has 386 valence electrons. The van der Waals surface area contributed by atoms with E-state index in [1.807, 2.05) is 0 Å². The first-order valence-electron chi connectivity index (χ1n) is 26.9. The number of carbonyl (C=O) groups is 3. The van der Waals surface area contributed by atoms with Crippen LogP contribution in [-0.4, -0.2) is 66.5 Å². The van der Waals surface area contributed by atoms with Gasteiger partial charge in [0, 0.05) is 19.3 Å². The average Bonchev–Trinajstić information content (AvgIpc) is 3.30. The molecule has 0 aliphatic heterocycles. The molecular weight excluding hydrogens is 856 g/mol. The molecule has 0 aromatic heterocycles. The molecule has 11 nitrogen and oxygen atoms in total. The van der Waals surface area contributed by atoms with Crippen molar-refractivity contribution in [3.63, 3.8) is 0 Å². The number of allylic oxidation sites excluding steroid dienone is 6. The van der Waals surface area contributed by atoms with E-state index in [0.29, 0.717) is 19.3 Å². The largest absolute Gasteiger partial charge is 0.472 e. The number of hydrogen-bond donors (Lipinski definition) is 2. The van der Waals surface area contributed by atoms with Crippen LogP contribution >= 0.6 is 7.82 Å². The maximum atomic E-state index is 12.8. The quantitative estimate of drug-likeness (QED) is 0.0197. The van der Waals surface area contributed by atoms with Gasteiger partial charge in [0.1, 0.15) is 12.7 Å². The lowest BCUT2D eigenvalue weighted by Crippen LogP contribution is -2.30. The van der Waals surface area contributed by atoms with Gasteiger partial charge < -0.3 is 24.2 Å². The zero-order valence-electron chi connectivity index (χ0n) is 42.4. The fourth-order valence-electron chi connectivity index (χ4n) is 7.38. The van der Waals surface area contributed by atoms with Crippen molar-refractivity contribution >= 4 is 25.7 Å². The molecular formula is C54H99O11P. The molecule has 3 atom stereocenters. The highest BCUT2D eigenvalue weighted by Crippen LogP contribution is 2.43. The molecule has 0 aromatic rings. The Bertz CT molecular complexity index is 1250. The van der Waals surface area contributed by atoms with Crippen molar-refractivity contribution in [2.24, 2.45) is 0 Å². The molecule has 0 bridgehead atoms. The van der Waals surface area contributed by atoms with E-state index in [0.717, 1.165) is 103 Å². The van der Waals surface area contributed by atoms with Crippen molar-refractivity contribution in [3.8, 4) is 0 Å². The number of unbranched alkanes of at least 4 members (excludes halogenated alkanes) is 27. The van der Waals surface area contributed by atoms with Gasteiger partial charge in [-0.2, -0.15) is 0 Å². The standard InChI is InChI=1S/C54H99O11P/c1-4-7-10-13-16-19-21-23-25-27-29-32-35-38-41-44-53(57)64-50(46-55)48-62-66(59,60)63-49-51(47-61-52(56)43-40-37-34-31-18-15-12-9-6-3)65-54(58)45-42-39-36-33-30-28-26-24-22-20-17-14-11-8-5-2/h17,20,23-26,50-51,55H,4-16,18-19,21-22,27-49H2,1-3H3,(H,59,60)/b20-17-,25-23-,26-24-. The van der Waals surface area contributed by atoms with Crippen molar-refractivity contribution in [1.82, 2.24) is 0 Å². The fourth-order valence-corrected chi connectivity index (χ4v) is 8.16. The predicted octanol–water partition coefficient (Wildman–Crippen LogP) is 15.3. The van der Waals surface area contributed by atoms with Crippen LogP contribution in [0.25, 0.3) is 0 Å². The van der Waals surface area contributed by atoms with Crippen LogP contribution in [-0.2, 0) is 42.2 Å². The number of ether oxygens (including phenoxy) is 3. The third-order valence-corrected chi connectivity index (χ3v) is 12.5. The van der Waals surface area contributed by atoms with Gasteiger partial charge in [-0.3, -0.25) is 23.4 Å². The number of aliphatic hydroxyl groups excluding tert-OH is 1. The highest BCUT2D eigenvalue weighted by molar-refractivity contribution is 7.47. The zero-order chi connectivity index (χ0) is 48.4. The summed E-state index contributed by atoms with van der Waals surface area (Å²) in [6.45, 7) is 4.57. The summed E-state index contributed by atoms with van der Waals surface area (Å²) in [6.07, 6.45) is 48.3. The number of carbonyl (C=O) groups excluding carboxylic acids is 3. The highest BCUT2D eigenvalue weighted by atomic mass is 31.2. The van der Waals surface area contributed by atoms with Crippen LogP contribution in [0.4, 0.5) is 0 Å². The van der Waals surface area contributed by atoms with E-state index in [1.165, 1.54) is 89.9 Å². The van der Waals surface area contributed by atoms with E-state index in [-0.39, 0.29) is 25.9 Å². The van der Waals surface area contributed by atoms with Gasteiger partial charge in [-0.25, -0.2) is 4.57 Å². The van der Waals surface area contributed by atoms with Gasteiger partial charge in [-0.05, 0) is 77.0 Å². The second kappa shape index (κ2) is 49.1. The van der Waals surface area contributed by atoms with Crippen LogP contribution in [0.5, 0.6) is 0 Å². The number of hydrogen-bond acceptors (Lipinski definition) is 10. The predicted molar refractivity (Wildman–Crippen MR) is 270 cm³/mol. The fraction of sp³-hybridized carbons (Fsp3) is 0.833. The molecule has 12 heteroatoms. The number of phosphoric acid groups is 1. The Morgan fingerprint density at radius 2 is 0.742 bits per heavy atom. The second-order valence-corrected chi connectivity index (χ2v) is 19.5. The van der Waals surface area contributed by atoms with E-state index < -0.39 is 57.8 Å². The lowest BCUT2D eigenvalue weighted by Gasteiger charge is -2.21. The Labute approximate surface area is 403 Å². The van der Waals surface area contributed by atoms with E-state index in [2.05, 4.69) is 57.2 Å². The van der Waals surface area contributed by atoms with E-state index in [4.69, 9.17) is 23.3 Å². The lowest BCUT2D eigenvalue weighted by atomic mass is 10.1. The molecule has 0 rings (SSSR count). The summed E-state index contributed by atoms with van der Waals surface area (Å²) in [5.41, 5.74) is 0. The summed E-state index contributed by atoms with van der Waals surface area (Å²) >= 11 is 0. The van der Waals surface area contributed by atoms with Crippen molar-refractivity contribution < 1.29 is 52.2 Å². The molecule has 0 amide bonds. The first-order chi connectivity index (χ1) is 32.2. The van der Waals surface area contributed by atoms with Gasteiger partial charge >= 0.3 is 25.7 Å². The Hall–Kier alpha value is -2.30. The number of esters is 3. The van der Waals surface area contributed by atoms with Gasteiger partial charge in [-0.15, -0.1) is 0 Å². The third-order valence-electron chi connectivity index (χ3n) is 11.5. The third kappa shape index (κ3) is 46.8. The van der Waals surface area contributed by atoms with Crippen molar-refractivity contribution in [2.45, 2.75) is 264 Å². The lowest BCUT2D eigenvalue weighted by molar-refractivity contribution is -0.161. The SMILES string of the molecule is CCCCC/C=C\C/C=C\CCCCCCCC(=O)OC(COC(=O)CCCCCCCCCCC)COP(=O)(O)OCC(CO)OC(=O)CCCCCCC/C=C\CCCCCCCC. The minimum atomic E-state index is -4.74. The molecule has 0 fully saturated rings. The van der Waals surface area contributed by atoms with Gasteiger partial charge in [0.05, 0.1) is 19.8 Å². The van der Waals surface area contributed by atoms with Gasteiger partial charge in [0.15, 0.2) is 6.10 Å². The Morgan fingerprint density at radius 3 is 1.17 bits per heavy atom. The summed E-state index contributed by atoms with van der Waals surface area (Å²) < 4.78 is 39.3. The monoisotopic (exact) mass is 955 g/mol. The number of aliphatic hydroxyl groups is 1. The molecule has 0 spiro atoms. The molecule has 0 heterocycles. The number of phosphoric ester groups is 1. The van der Waals surface area contributed by atoms with Gasteiger partial charge in [-0.1, -0.05) is 192 Å². The molecule has 2 N–H and O–H groups in total. The number of rotatable bonds is 50. The minimum absolute atomic E-state index is 0.154. The summed E-state index contributed by atoms with van der Waals surface area (Å²) in [7, 11) is -4.74. The zero-order valence-corrected chi connectivity index (χ0v) is 43.3. The molecule has 0 aliphatic carbocycles. The Balaban J connectivity index is 4.68. The van der Waals surface area contributed by atoms with Crippen LogP contribution in [0.15, 0.2) is 36.5 Å². The minimum Gasteiger partial charge on any atom is -0.462 e. The van der Waals surface area contributed by atoms with Crippen molar-refractivity contribution in [1.29, 1.82) is 0 Å². The normalized spacial score (nSPS) is 13.7. The van der Waals surface area contributed by atoms with Crippen molar-refractivity contribution in [2.75, 3.05) is 26.4 Å². The molecule has 0 aliphatic rings. The molecule has 0 radical (unpaired) electrons. The summed E-state index contributed by atoms with van der Waals surface area (Å²) in [6, 6.07) is 0. The van der Waals surface area contributed by atoms with Crippen LogP contribution in [0.3, 0.4) is 0 Å². The molecule has 0 aromatic carbocycles. The molecule has 3 unspecified atom stereocenters. The van der Waals surface area contributed by atoms with Crippen LogP contribution < -0.4 is 0 Å². The highest BCUT2D eigenvalue weighted by Gasteiger charge is 2.28. The van der Waals surface area contributed by atoms with Gasteiger partial charge in [0.2, 0.25) is 0 Å². The second-order valence-electron chi connectivity index (χ2n) is 18.0. The smallest absolute Gasteiger partial charge is 0.462 e. The molecule has 0 saturated carbocycles. The summed E-state index contributed by atoms with van der Waals surface area (Å²) in [5, 5.41) is 9.78. The Morgan fingerprint density at radius 1 is 0.424 bits per heavy atom. The van der Waals surface area contributed by atoms with Crippen LogP contribution in [0.1, 0.15) is 252 Å².